The Morgan fingerprint density at radius 1 is 1.19 bits per heavy atom. The van der Waals surface area contributed by atoms with Crippen LogP contribution in [0.1, 0.15) is 20.3 Å². The molecule has 1 heterocycles. The zero-order valence-corrected chi connectivity index (χ0v) is 12.9. The van der Waals surface area contributed by atoms with E-state index in [1.54, 1.807) is 4.90 Å². The average Bonchev–Trinajstić information content (AvgIpc) is 2.43. The first-order chi connectivity index (χ1) is 9.93. The van der Waals surface area contributed by atoms with E-state index in [-0.39, 0.29) is 25.1 Å². The molecule has 1 rings (SSSR count). The van der Waals surface area contributed by atoms with Crippen molar-refractivity contribution in [2.45, 2.75) is 20.3 Å². The quantitative estimate of drug-likeness (QED) is 0.618. The van der Waals surface area contributed by atoms with E-state index in [4.69, 9.17) is 10.2 Å². The predicted molar refractivity (Wildman–Crippen MR) is 79.1 cm³/mol. The standard InChI is InChI=1S/C14H27N3O4/c1-11(2)9-12(13(19)20)10-15-14(21)17-5-3-16(4-6-17)7-8-18/h11-12,18H,3-10H2,1-2H3,(H,15,21)(H,19,20). The molecule has 122 valence electrons. The molecule has 1 aliphatic heterocycles. The van der Waals surface area contributed by atoms with Crippen LogP contribution in [0.4, 0.5) is 4.79 Å². The number of carboxylic acid groups (broad SMARTS) is 1. The Bertz CT molecular complexity index is 341. The van der Waals surface area contributed by atoms with Crippen molar-refractivity contribution >= 4 is 12.0 Å². The molecule has 0 aliphatic carbocycles. The van der Waals surface area contributed by atoms with E-state index in [0.717, 1.165) is 13.1 Å². The molecule has 0 saturated carbocycles. The molecule has 0 bridgehead atoms. The smallest absolute Gasteiger partial charge is 0.317 e. The van der Waals surface area contributed by atoms with Crippen LogP contribution in [0.3, 0.4) is 0 Å². The Balaban J connectivity index is 2.34. The van der Waals surface area contributed by atoms with Gasteiger partial charge in [0.2, 0.25) is 0 Å². The van der Waals surface area contributed by atoms with Gasteiger partial charge in [0.1, 0.15) is 0 Å². The number of aliphatic hydroxyl groups excluding tert-OH is 1. The van der Waals surface area contributed by atoms with Crippen LogP contribution in [0.5, 0.6) is 0 Å². The van der Waals surface area contributed by atoms with E-state index in [0.29, 0.717) is 26.1 Å². The lowest BCUT2D eigenvalue weighted by atomic mass is 9.97. The molecule has 0 aromatic rings. The second-order valence-corrected chi connectivity index (χ2v) is 5.90. The van der Waals surface area contributed by atoms with E-state index in [1.165, 1.54) is 0 Å². The van der Waals surface area contributed by atoms with Crippen LogP contribution in [-0.4, -0.2) is 77.9 Å². The largest absolute Gasteiger partial charge is 0.481 e. The van der Waals surface area contributed by atoms with Crippen LogP contribution in [0.25, 0.3) is 0 Å². The number of amides is 2. The van der Waals surface area contributed by atoms with Gasteiger partial charge in [0.05, 0.1) is 12.5 Å². The van der Waals surface area contributed by atoms with Crippen molar-refractivity contribution in [3.8, 4) is 0 Å². The molecule has 1 aliphatic rings. The number of β-amino-alcohol motifs (C(OH)–C–C–N with tert-alkyl or cyclic N) is 1. The van der Waals surface area contributed by atoms with Crippen molar-refractivity contribution in [1.29, 1.82) is 0 Å². The average molecular weight is 301 g/mol. The molecule has 0 aromatic carbocycles. The molecule has 0 radical (unpaired) electrons. The van der Waals surface area contributed by atoms with Crippen molar-refractivity contribution in [3.05, 3.63) is 0 Å². The monoisotopic (exact) mass is 301 g/mol. The number of carboxylic acids is 1. The number of aliphatic carboxylic acids is 1. The van der Waals surface area contributed by atoms with Gasteiger partial charge in [-0.05, 0) is 12.3 Å². The number of aliphatic hydroxyl groups is 1. The number of rotatable bonds is 7. The number of piperazine rings is 1. The summed E-state index contributed by atoms with van der Waals surface area (Å²) >= 11 is 0. The van der Waals surface area contributed by atoms with Crippen LogP contribution in [0.2, 0.25) is 0 Å². The minimum atomic E-state index is -0.864. The molecule has 0 aromatic heterocycles. The fourth-order valence-corrected chi connectivity index (χ4v) is 2.48. The lowest BCUT2D eigenvalue weighted by Gasteiger charge is -2.34. The third-order valence-corrected chi connectivity index (χ3v) is 3.68. The molecule has 1 fully saturated rings. The van der Waals surface area contributed by atoms with Gasteiger partial charge < -0.3 is 20.4 Å². The maximum atomic E-state index is 12.0. The second-order valence-electron chi connectivity index (χ2n) is 5.90. The van der Waals surface area contributed by atoms with Crippen LogP contribution >= 0.6 is 0 Å². The summed E-state index contributed by atoms with van der Waals surface area (Å²) in [5.41, 5.74) is 0. The third kappa shape index (κ3) is 6.31. The number of carbonyl (C=O) groups excluding carboxylic acids is 1. The summed E-state index contributed by atoms with van der Waals surface area (Å²) in [6, 6.07) is -0.200. The first-order valence-electron chi connectivity index (χ1n) is 7.52. The van der Waals surface area contributed by atoms with Crippen LogP contribution in [-0.2, 0) is 4.79 Å². The number of hydrogen-bond acceptors (Lipinski definition) is 4. The van der Waals surface area contributed by atoms with Gasteiger partial charge in [-0.3, -0.25) is 9.69 Å². The summed E-state index contributed by atoms with van der Waals surface area (Å²) in [7, 11) is 0. The van der Waals surface area contributed by atoms with E-state index < -0.39 is 11.9 Å². The topological polar surface area (TPSA) is 93.1 Å². The number of urea groups is 1. The lowest BCUT2D eigenvalue weighted by Crippen LogP contribution is -2.53. The molecule has 21 heavy (non-hydrogen) atoms. The van der Waals surface area contributed by atoms with Gasteiger partial charge in [0.25, 0.3) is 0 Å². The van der Waals surface area contributed by atoms with Gasteiger partial charge in [-0.25, -0.2) is 4.79 Å². The summed E-state index contributed by atoms with van der Waals surface area (Å²) in [4.78, 5) is 27.0. The summed E-state index contributed by atoms with van der Waals surface area (Å²) < 4.78 is 0. The highest BCUT2D eigenvalue weighted by molar-refractivity contribution is 5.76. The molecule has 1 saturated heterocycles. The number of hydrogen-bond donors (Lipinski definition) is 3. The Kier molecular flexibility index (Phi) is 7.45. The molecule has 2 amide bonds. The fourth-order valence-electron chi connectivity index (χ4n) is 2.48. The van der Waals surface area contributed by atoms with Gasteiger partial charge >= 0.3 is 12.0 Å². The van der Waals surface area contributed by atoms with E-state index in [9.17, 15) is 9.59 Å². The van der Waals surface area contributed by atoms with Gasteiger partial charge in [-0.1, -0.05) is 13.8 Å². The van der Waals surface area contributed by atoms with Crippen LogP contribution < -0.4 is 5.32 Å². The second kappa shape index (κ2) is 8.84. The molecular formula is C14H27N3O4. The van der Waals surface area contributed by atoms with Crippen molar-refractivity contribution in [2.75, 3.05) is 45.9 Å². The van der Waals surface area contributed by atoms with Crippen molar-refractivity contribution in [2.24, 2.45) is 11.8 Å². The van der Waals surface area contributed by atoms with E-state index >= 15 is 0 Å². The Morgan fingerprint density at radius 3 is 2.29 bits per heavy atom. The zero-order valence-electron chi connectivity index (χ0n) is 12.9. The highest BCUT2D eigenvalue weighted by Gasteiger charge is 2.23. The first-order valence-corrected chi connectivity index (χ1v) is 7.52. The summed E-state index contributed by atoms with van der Waals surface area (Å²) in [5, 5.41) is 20.7. The summed E-state index contributed by atoms with van der Waals surface area (Å²) in [6.07, 6.45) is 0.555. The maximum absolute atomic E-state index is 12.0. The van der Waals surface area contributed by atoms with E-state index in [2.05, 4.69) is 10.2 Å². The van der Waals surface area contributed by atoms with Crippen molar-refractivity contribution in [1.82, 2.24) is 15.1 Å². The highest BCUT2D eigenvalue weighted by Crippen LogP contribution is 2.11. The fraction of sp³-hybridized carbons (Fsp3) is 0.857. The number of carbonyl (C=O) groups is 2. The van der Waals surface area contributed by atoms with E-state index in [1.807, 2.05) is 13.8 Å². The molecule has 1 unspecified atom stereocenters. The minimum absolute atomic E-state index is 0.127. The molecule has 3 N–H and O–H groups in total. The van der Waals surface area contributed by atoms with Gasteiger partial charge in [0.15, 0.2) is 0 Å². The summed E-state index contributed by atoms with van der Waals surface area (Å²) in [5.74, 6) is -1.12. The Morgan fingerprint density at radius 2 is 1.81 bits per heavy atom. The molecule has 0 spiro atoms. The number of nitrogens with one attached hydrogen (secondary N) is 1. The van der Waals surface area contributed by atoms with Gasteiger partial charge in [-0.15, -0.1) is 0 Å². The minimum Gasteiger partial charge on any atom is -0.481 e. The van der Waals surface area contributed by atoms with Crippen molar-refractivity contribution in [3.63, 3.8) is 0 Å². The Hall–Kier alpha value is -1.34. The summed E-state index contributed by atoms with van der Waals surface area (Å²) in [6.45, 7) is 7.55. The van der Waals surface area contributed by atoms with Crippen LogP contribution in [0.15, 0.2) is 0 Å². The highest BCUT2D eigenvalue weighted by atomic mass is 16.4. The number of nitrogens with zero attached hydrogens (tertiary/aromatic N) is 2. The molecule has 7 heteroatoms. The lowest BCUT2D eigenvalue weighted by molar-refractivity contribution is -0.142. The first kappa shape index (κ1) is 17.7. The predicted octanol–water partition coefficient (Wildman–Crippen LogP) is 0.0528. The van der Waals surface area contributed by atoms with Crippen molar-refractivity contribution < 1.29 is 19.8 Å². The Labute approximate surface area is 125 Å². The van der Waals surface area contributed by atoms with Gasteiger partial charge in [-0.2, -0.15) is 0 Å². The maximum Gasteiger partial charge on any atom is 0.317 e. The zero-order chi connectivity index (χ0) is 15.8. The molecule has 7 nitrogen and oxygen atoms in total. The molecular weight excluding hydrogens is 274 g/mol. The van der Waals surface area contributed by atoms with Gasteiger partial charge in [0, 0.05) is 39.3 Å². The van der Waals surface area contributed by atoms with Crippen LogP contribution in [0, 0.1) is 11.8 Å². The third-order valence-electron chi connectivity index (χ3n) is 3.68. The SMILES string of the molecule is CC(C)CC(CNC(=O)N1CCN(CCO)CC1)C(=O)O. The normalized spacial score (nSPS) is 17.8. The molecule has 1 atom stereocenters.